The Kier molecular flexibility index (Phi) is 5.15. The highest BCUT2D eigenvalue weighted by atomic mass is 15.3. The molecule has 0 amide bonds. The molecule has 2 aromatic heterocycles. The van der Waals surface area contributed by atoms with E-state index in [1.807, 2.05) is 25.6 Å². The predicted octanol–water partition coefficient (Wildman–Crippen LogP) is 1.77. The van der Waals surface area contributed by atoms with E-state index in [1.54, 1.807) is 0 Å². The van der Waals surface area contributed by atoms with Gasteiger partial charge in [-0.15, -0.1) is 0 Å². The topological polar surface area (TPSA) is 47.7 Å². The van der Waals surface area contributed by atoms with Crippen LogP contribution in [0.25, 0.3) is 0 Å². The van der Waals surface area contributed by atoms with Gasteiger partial charge in [0.25, 0.3) is 0 Å². The molecule has 19 heavy (non-hydrogen) atoms. The lowest BCUT2D eigenvalue weighted by molar-refractivity contribution is 0.517. The van der Waals surface area contributed by atoms with Crippen molar-refractivity contribution < 1.29 is 0 Å². The van der Waals surface area contributed by atoms with Crippen LogP contribution in [0.4, 0.5) is 0 Å². The van der Waals surface area contributed by atoms with Gasteiger partial charge in [-0.2, -0.15) is 5.10 Å². The number of aromatic nitrogens is 4. The maximum Gasteiger partial charge on any atom is 0.0945 e. The van der Waals surface area contributed by atoms with E-state index in [2.05, 4.69) is 37.6 Å². The van der Waals surface area contributed by atoms with Crippen LogP contribution in [0.5, 0.6) is 0 Å². The highest BCUT2D eigenvalue weighted by Gasteiger charge is 1.99. The minimum absolute atomic E-state index is 0.994. The van der Waals surface area contributed by atoms with Gasteiger partial charge >= 0.3 is 0 Å². The van der Waals surface area contributed by atoms with Gasteiger partial charge in [0.05, 0.1) is 12.0 Å². The highest BCUT2D eigenvalue weighted by molar-refractivity contribution is 5.06. The molecule has 104 valence electrons. The lowest BCUT2D eigenvalue weighted by atomic mass is 10.3. The van der Waals surface area contributed by atoms with Crippen LogP contribution in [0.2, 0.25) is 0 Å². The van der Waals surface area contributed by atoms with Crippen LogP contribution in [-0.4, -0.2) is 32.4 Å². The fourth-order valence-electron chi connectivity index (χ4n) is 2.19. The van der Waals surface area contributed by atoms with Gasteiger partial charge in [0.2, 0.25) is 0 Å². The summed E-state index contributed by atoms with van der Waals surface area (Å²) in [7, 11) is 0. The largest absolute Gasteiger partial charge is 0.337 e. The van der Waals surface area contributed by atoms with Crippen molar-refractivity contribution in [1.82, 2.24) is 24.6 Å². The summed E-state index contributed by atoms with van der Waals surface area (Å²) in [6.45, 7) is 8.27. The summed E-state index contributed by atoms with van der Waals surface area (Å²) in [6, 6.07) is 2.12. The van der Waals surface area contributed by atoms with E-state index in [0.717, 1.165) is 44.7 Å². The molecule has 5 heteroatoms. The van der Waals surface area contributed by atoms with Gasteiger partial charge in [0.1, 0.15) is 0 Å². The summed E-state index contributed by atoms with van der Waals surface area (Å²) in [5, 5.41) is 7.93. The summed E-state index contributed by atoms with van der Waals surface area (Å²) in [4.78, 5) is 4.03. The van der Waals surface area contributed by atoms with E-state index in [-0.39, 0.29) is 0 Å². The van der Waals surface area contributed by atoms with E-state index in [9.17, 15) is 0 Å². The van der Waals surface area contributed by atoms with Crippen LogP contribution < -0.4 is 5.32 Å². The summed E-state index contributed by atoms with van der Waals surface area (Å²) < 4.78 is 4.19. The highest BCUT2D eigenvalue weighted by Crippen LogP contribution is 2.02. The molecule has 0 aliphatic rings. The van der Waals surface area contributed by atoms with Crippen LogP contribution in [-0.2, 0) is 13.1 Å². The number of nitrogens with zero attached hydrogens (tertiary/aromatic N) is 4. The van der Waals surface area contributed by atoms with E-state index in [1.165, 1.54) is 5.69 Å². The van der Waals surface area contributed by atoms with Crippen molar-refractivity contribution in [3.05, 3.63) is 36.2 Å². The molecule has 0 fully saturated rings. The maximum absolute atomic E-state index is 4.46. The molecule has 0 unspecified atom stereocenters. The molecule has 2 rings (SSSR count). The third-order valence-electron chi connectivity index (χ3n) is 3.16. The van der Waals surface area contributed by atoms with Gasteiger partial charge in [-0.1, -0.05) is 0 Å². The molecule has 0 spiro atoms. The molecular weight excluding hydrogens is 238 g/mol. The lowest BCUT2D eigenvalue weighted by Gasteiger charge is -2.06. The van der Waals surface area contributed by atoms with Gasteiger partial charge < -0.3 is 9.88 Å². The first-order valence-electron chi connectivity index (χ1n) is 6.93. The number of hydrogen-bond acceptors (Lipinski definition) is 3. The van der Waals surface area contributed by atoms with Crippen LogP contribution in [0.15, 0.2) is 24.8 Å². The Morgan fingerprint density at radius 3 is 2.58 bits per heavy atom. The zero-order chi connectivity index (χ0) is 13.5. The number of aryl methyl sites for hydroxylation is 4. The molecule has 2 aromatic rings. The van der Waals surface area contributed by atoms with E-state index in [4.69, 9.17) is 0 Å². The minimum atomic E-state index is 0.994. The molecule has 0 aromatic carbocycles. The fraction of sp³-hybridized carbons (Fsp3) is 0.571. The first kappa shape index (κ1) is 13.8. The van der Waals surface area contributed by atoms with Crippen LogP contribution >= 0.6 is 0 Å². The van der Waals surface area contributed by atoms with Crippen LogP contribution in [0.1, 0.15) is 24.2 Å². The number of hydrogen-bond donors (Lipinski definition) is 1. The SMILES string of the molecule is Cc1cc(C)n(CCCNCCCn2ccnc2)n1. The molecule has 1 N–H and O–H groups in total. The van der Waals surface area contributed by atoms with Crippen molar-refractivity contribution in [2.45, 2.75) is 39.8 Å². The monoisotopic (exact) mass is 261 g/mol. The summed E-state index contributed by atoms with van der Waals surface area (Å²) in [5.41, 5.74) is 2.35. The quantitative estimate of drug-likeness (QED) is 0.737. The number of imidazole rings is 1. The molecule has 2 heterocycles. The van der Waals surface area contributed by atoms with Crippen molar-refractivity contribution in [3.63, 3.8) is 0 Å². The molecule has 0 atom stereocenters. The van der Waals surface area contributed by atoms with Gasteiger partial charge in [-0.05, 0) is 45.8 Å². The standard InChI is InChI=1S/C14H23N5/c1-13-11-14(2)19(17-13)9-4-6-15-5-3-8-18-10-7-16-12-18/h7,10-12,15H,3-6,8-9H2,1-2H3. The van der Waals surface area contributed by atoms with Crippen LogP contribution in [0, 0.1) is 13.8 Å². The van der Waals surface area contributed by atoms with E-state index < -0.39 is 0 Å². The van der Waals surface area contributed by atoms with Gasteiger partial charge in [-0.3, -0.25) is 4.68 Å². The Bertz CT molecular complexity index is 472. The minimum Gasteiger partial charge on any atom is -0.337 e. The maximum atomic E-state index is 4.46. The molecule has 0 saturated carbocycles. The van der Waals surface area contributed by atoms with Crippen LogP contribution in [0.3, 0.4) is 0 Å². The Morgan fingerprint density at radius 2 is 1.95 bits per heavy atom. The van der Waals surface area contributed by atoms with E-state index >= 15 is 0 Å². The first-order chi connectivity index (χ1) is 9.25. The molecule has 0 aliphatic heterocycles. The average Bonchev–Trinajstić information content (AvgIpc) is 2.98. The Balaban J connectivity index is 1.51. The van der Waals surface area contributed by atoms with Crippen molar-refractivity contribution in [2.75, 3.05) is 13.1 Å². The molecule has 0 saturated heterocycles. The average molecular weight is 261 g/mol. The second kappa shape index (κ2) is 7.09. The Hall–Kier alpha value is -1.62. The normalized spacial score (nSPS) is 11.1. The molecular formula is C14H23N5. The summed E-state index contributed by atoms with van der Waals surface area (Å²) >= 11 is 0. The zero-order valence-electron chi connectivity index (χ0n) is 11.8. The first-order valence-corrected chi connectivity index (χ1v) is 6.93. The molecule has 5 nitrogen and oxygen atoms in total. The van der Waals surface area contributed by atoms with Crippen molar-refractivity contribution >= 4 is 0 Å². The third-order valence-corrected chi connectivity index (χ3v) is 3.16. The smallest absolute Gasteiger partial charge is 0.0945 e. The van der Waals surface area contributed by atoms with Gasteiger partial charge in [0, 0.05) is 31.2 Å². The van der Waals surface area contributed by atoms with Crippen molar-refractivity contribution in [2.24, 2.45) is 0 Å². The molecule has 0 bridgehead atoms. The zero-order valence-corrected chi connectivity index (χ0v) is 11.8. The molecule has 0 radical (unpaired) electrons. The summed E-state index contributed by atoms with van der Waals surface area (Å²) in [6.07, 6.45) is 7.94. The van der Waals surface area contributed by atoms with Gasteiger partial charge in [-0.25, -0.2) is 4.98 Å². The summed E-state index contributed by atoms with van der Waals surface area (Å²) in [5.74, 6) is 0. The lowest BCUT2D eigenvalue weighted by Crippen LogP contribution is -2.19. The van der Waals surface area contributed by atoms with Crippen molar-refractivity contribution in [3.8, 4) is 0 Å². The fourth-order valence-corrected chi connectivity index (χ4v) is 2.19. The van der Waals surface area contributed by atoms with Crippen molar-refractivity contribution in [1.29, 1.82) is 0 Å². The number of nitrogens with one attached hydrogen (secondary N) is 1. The molecule has 0 aliphatic carbocycles. The Morgan fingerprint density at radius 1 is 1.16 bits per heavy atom. The second-order valence-corrected chi connectivity index (χ2v) is 4.91. The third kappa shape index (κ3) is 4.52. The van der Waals surface area contributed by atoms with Gasteiger partial charge in [0.15, 0.2) is 0 Å². The number of rotatable bonds is 8. The van der Waals surface area contributed by atoms with E-state index in [0.29, 0.717) is 0 Å². The Labute approximate surface area is 114 Å². The predicted molar refractivity (Wildman–Crippen MR) is 76.0 cm³/mol. The second-order valence-electron chi connectivity index (χ2n) is 4.91.